The molecular weight excluding hydrogens is 248 g/mol. The Labute approximate surface area is 111 Å². The van der Waals surface area contributed by atoms with E-state index in [1.165, 1.54) is 19.3 Å². The van der Waals surface area contributed by atoms with Crippen molar-refractivity contribution < 1.29 is 8.42 Å². The molecule has 2 fully saturated rings. The number of nitrogens with one attached hydrogen (secondary N) is 1. The minimum absolute atomic E-state index is 0.250. The van der Waals surface area contributed by atoms with E-state index in [4.69, 9.17) is 0 Å². The standard InChI is InChI=1S/C13H26N2O2S/c1-15(13-7-3-2-4-8-13)18(16,17)11-12-6-5-9-14-10-12/h12-14H,2-11H2,1H3. The lowest BCUT2D eigenvalue weighted by Gasteiger charge is -2.32. The van der Waals surface area contributed by atoms with Crippen molar-refractivity contribution in [3.63, 3.8) is 0 Å². The van der Waals surface area contributed by atoms with Gasteiger partial charge in [0.1, 0.15) is 0 Å². The van der Waals surface area contributed by atoms with Gasteiger partial charge >= 0.3 is 0 Å². The smallest absolute Gasteiger partial charge is 0.214 e. The van der Waals surface area contributed by atoms with Crippen LogP contribution in [0.3, 0.4) is 0 Å². The van der Waals surface area contributed by atoms with Crippen LogP contribution in [0.2, 0.25) is 0 Å². The van der Waals surface area contributed by atoms with Gasteiger partial charge in [0.2, 0.25) is 10.0 Å². The number of rotatable bonds is 4. The Morgan fingerprint density at radius 3 is 2.44 bits per heavy atom. The maximum absolute atomic E-state index is 12.4. The van der Waals surface area contributed by atoms with Crippen LogP contribution >= 0.6 is 0 Å². The topological polar surface area (TPSA) is 49.4 Å². The van der Waals surface area contributed by atoms with Gasteiger partial charge in [-0.1, -0.05) is 19.3 Å². The van der Waals surface area contributed by atoms with Gasteiger partial charge in [-0.05, 0) is 44.7 Å². The van der Waals surface area contributed by atoms with Crippen LogP contribution in [0.1, 0.15) is 44.9 Å². The third-order valence-electron chi connectivity index (χ3n) is 4.37. The Hall–Kier alpha value is -0.130. The summed E-state index contributed by atoms with van der Waals surface area (Å²) in [4.78, 5) is 0. The van der Waals surface area contributed by atoms with E-state index in [-0.39, 0.29) is 6.04 Å². The molecule has 0 spiro atoms. The summed E-state index contributed by atoms with van der Waals surface area (Å²) in [5.41, 5.74) is 0. The third kappa shape index (κ3) is 3.68. The average molecular weight is 274 g/mol. The van der Waals surface area contributed by atoms with Crippen LogP contribution < -0.4 is 5.32 Å². The summed E-state index contributed by atoms with van der Waals surface area (Å²) >= 11 is 0. The molecule has 1 aliphatic heterocycles. The van der Waals surface area contributed by atoms with Crippen LogP contribution in [0.25, 0.3) is 0 Å². The second-order valence-electron chi connectivity index (χ2n) is 5.80. The van der Waals surface area contributed by atoms with Crippen molar-refractivity contribution >= 4 is 10.0 Å². The van der Waals surface area contributed by atoms with E-state index in [0.29, 0.717) is 11.7 Å². The number of sulfonamides is 1. The second kappa shape index (κ2) is 6.35. The van der Waals surface area contributed by atoms with E-state index in [0.717, 1.165) is 38.8 Å². The first-order valence-electron chi connectivity index (χ1n) is 7.26. The summed E-state index contributed by atoms with van der Waals surface area (Å²) in [6, 6.07) is 0.250. The molecule has 1 unspecified atom stereocenters. The van der Waals surface area contributed by atoms with E-state index in [2.05, 4.69) is 5.32 Å². The largest absolute Gasteiger partial charge is 0.316 e. The van der Waals surface area contributed by atoms with Gasteiger partial charge < -0.3 is 5.32 Å². The minimum atomic E-state index is -3.07. The zero-order valence-electron chi connectivity index (χ0n) is 11.4. The molecule has 1 aliphatic carbocycles. The normalized spacial score (nSPS) is 27.6. The molecule has 18 heavy (non-hydrogen) atoms. The van der Waals surface area contributed by atoms with Crippen LogP contribution in [0, 0.1) is 5.92 Å². The lowest BCUT2D eigenvalue weighted by molar-refractivity contribution is 0.282. The van der Waals surface area contributed by atoms with Gasteiger partial charge in [-0.3, -0.25) is 0 Å². The fraction of sp³-hybridized carbons (Fsp3) is 1.00. The zero-order valence-corrected chi connectivity index (χ0v) is 12.2. The van der Waals surface area contributed by atoms with Gasteiger partial charge in [0.25, 0.3) is 0 Å². The minimum Gasteiger partial charge on any atom is -0.316 e. The van der Waals surface area contributed by atoms with Crippen LogP contribution in [-0.4, -0.2) is 44.7 Å². The van der Waals surface area contributed by atoms with Crippen molar-refractivity contribution in [3.8, 4) is 0 Å². The fourth-order valence-electron chi connectivity index (χ4n) is 3.15. The SMILES string of the molecule is CN(C1CCCCC1)S(=O)(=O)CC1CCCNC1. The van der Waals surface area contributed by atoms with Gasteiger partial charge in [-0.25, -0.2) is 12.7 Å². The van der Waals surface area contributed by atoms with Crippen molar-refractivity contribution in [2.75, 3.05) is 25.9 Å². The molecule has 1 saturated heterocycles. The van der Waals surface area contributed by atoms with Crippen molar-refractivity contribution in [1.29, 1.82) is 0 Å². The number of hydrogen-bond donors (Lipinski definition) is 1. The molecule has 4 nitrogen and oxygen atoms in total. The summed E-state index contributed by atoms with van der Waals surface area (Å²) in [6.07, 6.45) is 7.84. The number of nitrogens with zero attached hydrogens (tertiary/aromatic N) is 1. The molecule has 0 bridgehead atoms. The Morgan fingerprint density at radius 1 is 1.11 bits per heavy atom. The van der Waals surface area contributed by atoms with Crippen molar-refractivity contribution in [3.05, 3.63) is 0 Å². The van der Waals surface area contributed by atoms with Crippen LogP contribution in [0.15, 0.2) is 0 Å². The van der Waals surface area contributed by atoms with E-state index < -0.39 is 10.0 Å². The van der Waals surface area contributed by atoms with Gasteiger partial charge in [0, 0.05) is 13.1 Å². The highest BCUT2D eigenvalue weighted by Gasteiger charge is 2.30. The molecule has 0 aromatic carbocycles. The van der Waals surface area contributed by atoms with Crippen LogP contribution in [0.4, 0.5) is 0 Å². The highest BCUT2D eigenvalue weighted by Crippen LogP contribution is 2.25. The highest BCUT2D eigenvalue weighted by molar-refractivity contribution is 7.89. The van der Waals surface area contributed by atoms with Gasteiger partial charge in [-0.15, -0.1) is 0 Å². The molecule has 2 rings (SSSR count). The Kier molecular flexibility index (Phi) is 5.04. The van der Waals surface area contributed by atoms with Crippen LogP contribution in [0.5, 0.6) is 0 Å². The van der Waals surface area contributed by atoms with Gasteiger partial charge in [0.05, 0.1) is 5.75 Å². The highest BCUT2D eigenvalue weighted by atomic mass is 32.2. The first kappa shape index (κ1) is 14.3. The fourth-order valence-corrected chi connectivity index (χ4v) is 4.93. The Morgan fingerprint density at radius 2 is 1.83 bits per heavy atom. The maximum Gasteiger partial charge on any atom is 0.214 e. The van der Waals surface area contributed by atoms with E-state index in [1.54, 1.807) is 11.4 Å². The maximum atomic E-state index is 12.4. The average Bonchev–Trinajstić information content (AvgIpc) is 2.39. The zero-order chi connectivity index (χ0) is 13.0. The molecule has 0 aromatic rings. The first-order chi connectivity index (χ1) is 8.59. The Balaban J connectivity index is 1.91. The quantitative estimate of drug-likeness (QED) is 0.847. The number of hydrogen-bond acceptors (Lipinski definition) is 3. The predicted octanol–water partition coefficient (Wildman–Crippen LogP) is 1.58. The van der Waals surface area contributed by atoms with E-state index in [9.17, 15) is 8.42 Å². The van der Waals surface area contributed by atoms with Gasteiger partial charge in [-0.2, -0.15) is 0 Å². The van der Waals surface area contributed by atoms with Crippen molar-refractivity contribution in [1.82, 2.24) is 9.62 Å². The first-order valence-corrected chi connectivity index (χ1v) is 8.87. The molecule has 0 amide bonds. The van der Waals surface area contributed by atoms with Crippen molar-refractivity contribution in [2.24, 2.45) is 5.92 Å². The molecular formula is C13H26N2O2S. The summed E-state index contributed by atoms with van der Waals surface area (Å²) in [7, 11) is -1.29. The molecule has 0 aromatic heterocycles. The summed E-state index contributed by atoms with van der Waals surface area (Å²) in [5, 5.41) is 3.29. The summed E-state index contributed by atoms with van der Waals surface area (Å²) in [6.45, 7) is 1.90. The predicted molar refractivity (Wildman–Crippen MR) is 74.0 cm³/mol. The monoisotopic (exact) mass is 274 g/mol. The Bertz CT molecular complexity index is 344. The molecule has 1 N–H and O–H groups in total. The van der Waals surface area contributed by atoms with Gasteiger partial charge in [0.15, 0.2) is 0 Å². The van der Waals surface area contributed by atoms with E-state index >= 15 is 0 Å². The lowest BCUT2D eigenvalue weighted by Crippen LogP contribution is -2.43. The van der Waals surface area contributed by atoms with Crippen molar-refractivity contribution in [2.45, 2.75) is 51.0 Å². The molecule has 2 aliphatic rings. The van der Waals surface area contributed by atoms with E-state index in [1.807, 2.05) is 0 Å². The summed E-state index contributed by atoms with van der Waals surface area (Å²) < 4.78 is 26.5. The molecule has 1 heterocycles. The van der Waals surface area contributed by atoms with Crippen LogP contribution in [-0.2, 0) is 10.0 Å². The third-order valence-corrected chi connectivity index (χ3v) is 6.44. The molecule has 5 heteroatoms. The molecule has 0 radical (unpaired) electrons. The summed E-state index contributed by atoms with van der Waals surface area (Å²) in [5.74, 6) is 0.627. The molecule has 1 atom stereocenters. The lowest BCUT2D eigenvalue weighted by atomic mass is 9.96. The molecule has 106 valence electrons. The second-order valence-corrected chi connectivity index (χ2v) is 7.87. The molecule has 1 saturated carbocycles. The number of piperidine rings is 1.